The smallest absolute Gasteiger partial charge is 0.255 e. The fraction of sp³-hybridized carbons (Fsp3) is 0.375. The van der Waals surface area contributed by atoms with Crippen LogP contribution in [0.25, 0.3) is 0 Å². The normalized spacial score (nSPS) is 17.4. The van der Waals surface area contributed by atoms with Crippen molar-refractivity contribution in [2.24, 2.45) is 5.92 Å². The minimum absolute atomic E-state index is 0.0647. The van der Waals surface area contributed by atoms with E-state index in [0.717, 1.165) is 12.4 Å². The topological polar surface area (TPSA) is 73.1 Å². The second kappa shape index (κ2) is 7.15. The average Bonchev–Trinajstić information content (AvgIpc) is 2.94. The molecule has 0 N–H and O–H groups in total. The van der Waals surface area contributed by atoms with Crippen LogP contribution in [0.1, 0.15) is 16.2 Å². The highest BCUT2D eigenvalue weighted by Crippen LogP contribution is 2.18. The molecule has 2 aromatic rings. The molecule has 3 heterocycles. The number of aromatic nitrogens is 4. The molecule has 23 heavy (non-hydrogen) atoms. The summed E-state index contributed by atoms with van der Waals surface area (Å²) < 4.78 is 7.67. The molecular formula is C16H19N5O2. The molecule has 7 nitrogen and oxygen atoms in total. The fourth-order valence-corrected chi connectivity index (χ4v) is 2.72. The number of rotatable bonds is 5. The summed E-state index contributed by atoms with van der Waals surface area (Å²) in [5.41, 5.74) is 0.533. The molecule has 0 aromatic carbocycles. The Kier molecular flexibility index (Phi) is 4.77. The first kappa shape index (κ1) is 15.4. The Balaban J connectivity index is 1.79. The van der Waals surface area contributed by atoms with Gasteiger partial charge in [-0.2, -0.15) is 10.2 Å². The molecule has 1 aliphatic heterocycles. The predicted molar refractivity (Wildman–Crippen MR) is 83.5 cm³/mol. The predicted octanol–water partition coefficient (Wildman–Crippen LogP) is 1.15. The molecular weight excluding hydrogens is 294 g/mol. The van der Waals surface area contributed by atoms with Crippen LogP contribution in [0, 0.1) is 5.92 Å². The molecule has 0 aliphatic carbocycles. The number of amides is 1. The second-order valence-corrected chi connectivity index (χ2v) is 5.50. The number of ether oxygens (including phenoxy) is 1. The number of hydrogen-bond acceptors (Lipinski definition) is 5. The number of imidazole rings is 1. The Morgan fingerprint density at radius 3 is 3.09 bits per heavy atom. The van der Waals surface area contributed by atoms with Crippen molar-refractivity contribution in [2.45, 2.75) is 13.1 Å². The highest BCUT2D eigenvalue weighted by Gasteiger charge is 2.26. The van der Waals surface area contributed by atoms with Gasteiger partial charge in [0.05, 0.1) is 37.7 Å². The maximum atomic E-state index is 12.7. The molecule has 0 saturated heterocycles. The number of carbonyl (C=O) groups is 1. The third kappa shape index (κ3) is 3.62. The van der Waals surface area contributed by atoms with E-state index in [-0.39, 0.29) is 11.8 Å². The Morgan fingerprint density at radius 2 is 2.30 bits per heavy atom. The summed E-state index contributed by atoms with van der Waals surface area (Å²) in [6.45, 7) is 6.61. The van der Waals surface area contributed by atoms with Crippen molar-refractivity contribution in [2.75, 3.05) is 19.8 Å². The third-order valence-electron chi connectivity index (χ3n) is 3.78. The minimum Gasteiger partial charge on any atom is -0.377 e. The zero-order valence-electron chi connectivity index (χ0n) is 12.8. The summed E-state index contributed by atoms with van der Waals surface area (Å²) in [7, 11) is 0. The van der Waals surface area contributed by atoms with Crippen LogP contribution in [-0.2, 0) is 17.8 Å². The Labute approximate surface area is 134 Å². The molecule has 1 atom stereocenters. The largest absolute Gasteiger partial charge is 0.377 e. The van der Waals surface area contributed by atoms with Gasteiger partial charge in [-0.05, 0) is 6.07 Å². The third-order valence-corrected chi connectivity index (χ3v) is 3.78. The van der Waals surface area contributed by atoms with E-state index >= 15 is 0 Å². The van der Waals surface area contributed by atoms with E-state index in [2.05, 4.69) is 26.3 Å². The number of carbonyl (C=O) groups excluding carboxylic acids is 1. The molecule has 1 aliphatic rings. The summed E-state index contributed by atoms with van der Waals surface area (Å²) >= 11 is 0. The molecule has 3 rings (SSSR count). The molecule has 0 spiro atoms. The lowest BCUT2D eigenvalue weighted by Gasteiger charge is -2.23. The van der Waals surface area contributed by atoms with Gasteiger partial charge in [-0.15, -0.1) is 6.58 Å². The van der Waals surface area contributed by atoms with Gasteiger partial charge in [0.15, 0.2) is 0 Å². The summed E-state index contributed by atoms with van der Waals surface area (Å²) in [6.07, 6.45) is 8.45. The van der Waals surface area contributed by atoms with Crippen LogP contribution in [0.15, 0.2) is 43.5 Å². The molecule has 2 aromatic heterocycles. The molecule has 0 unspecified atom stereocenters. The number of nitrogens with zero attached hydrogens (tertiary/aromatic N) is 5. The molecule has 7 heteroatoms. The standard InChI is InChI=1S/C16H19N5O2/c1-2-7-23-12-13-9-20-6-5-17-15(20)11-21(10-13)16(22)14-3-4-18-19-8-14/h2-6,8,13H,1,7,9-12H2/t13-/m1/s1. The maximum Gasteiger partial charge on any atom is 0.255 e. The van der Waals surface area contributed by atoms with E-state index in [0.29, 0.717) is 31.9 Å². The Morgan fingerprint density at radius 1 is 1.39 bits per heavy atom. The Bertz CT molecular complexity index is 670. The van der Waals surface area contributed by atoms with Gasteiger partial charge < -0.3 is 14.2 Å². The lowest BCUT2D eigenvalue weighted by Crippen LogP contribution is -2.35. The van der Waals surface area contributed by atoms with Crippen LogP contribution in [0.5, 0.6) is 0 Å². The number of hydrogen-bond donors (Lipinski definition) is 0. The fourth-order valence-electron chi connectivity index (χ4n) is 2.72. The van der Waals surface area contributed by atoms with Crippen molar-refractivity contribution in [3.05, 3.63) is 54.9 Å². The quantitative estimate of drug-likeness (QED) is 0.611. The van der Waals surface area contributed by atoms with Crippen molar-refractivity contribution < 1.29 is 9.53 Å². The van der Waals surface area contributed by atoms with Crippen LogP contribution in [-0.4, -0.2) is 50.3 Å². The highest BCUT2D eigenvalue weighted by molar-refractivity contribution is 5.93. The lowest BCUT2D eigenvalue weighted by atomic mass is 10.1. The van der Waals surface area contributed by atoms with Crippen LogP contribution >= 0.6 is 0 Å². The van der Waals surface area contributed by atoms with E-state index in [9.17, 15) is 4.79 Å². The van der Waals surface area contributed by atoms with Gasteiger partial charge in [0.1, 0.15) is 5.82 Å². The van der Waals surface area contributed by atoms with Gasteiger partial charge in [-0.1, -0.05) is 6.08 Å². The van der Waals surface area contributed by atoms with Crippen molar-refractivity contribution in [1.29, 1.82) is 0 Å². The molecule has 1 amide bonds. The summed E-state index contributed by atoms with van der Waals surface area (Å²) in [6, 6.07) is 1.68. The second-order valence-electron chi connectivity index (χ2n) is 5.50. The molecule has 0 fully saturated rings. The molecule has 0 saturated carbocycles. The first-order valence-corrected chi connectivity index (χ1v) is 7.52. The lowest BCUT2D eigenvalue weighted by molar-refractivity contribution is 0.0637. The zero-order chi connectivity index (χ0) is 16.1. The van der Waals surface area contributed by atoms with Crippen LogP contribution < -0.4 is 0 Å². The van der Waals surface area contributed by atoms with Crippen LogP contribution in [0.4, 0.5) is 0 Å². The first-order valence-electron chi connectivity index (χ1n) is 7.52. The SMILES string of the molecule is C=CCOC[C@H]1CN(C(=O)c2ccnnc2)Cc2nccn2C1. The number of fused-ring (bicyclic) bond motifs is 1. The Hall–Kier alpha value is -2.54. The van der Waals surface area contributed by atoms with Gasteiger partial charge in [0, 0.05) is 31.4 Å². The van der Waals surface area contributed by atoms with Gasteiger partial charge >= 0.3 is 0 Å². The molecule has 0 bridgehead atoms. The van der Waals surface area contributed by atoms with E-state index in [4.69, 9.17) is 4.74 Å². The van der Waals surface area contributed by atoms with Crippen molar-refractivity contribution in [1.82, 2.24) is 24.6 Å². The van der Waals surface area contributed by atoms with E-state index in [1.54, 1.807) is 23.2 Å². The van der Waals surface area contributed by atoms with Crippen molar-refractivity contribution in [3.63, 3.8) is 0 Å². The first-order chi connectivity index (χ1) is 11.3. The minimum atomic E-state index is -0.0647. The van der Waals surface area contributed by atoms with Crippen LogP contribution in [0.2, 0.25) is 0 Å². The van der Waals surface area contributed by atoms with Crippen molar-refractivity contribution >= 4 is 5.91 Å². The van der Waals surface area contributed by atoms with Gasteiger partial charge in [-0.25, -0.2) is 4.98 Å². The van der Waals surface area contributed by atoms with E-state index in [1.165, 1.54) is 12.4 Å². The summed E-state index contributed by atoms with van der Waals surface area (Å²) in [4.78, 5) is 18.9. The van der Waals surface area contributed by atoms with E-state index < -0.39 is 0 Å². The van der Waals surface area contributed by atoms with Crippen molar-refractivity contribution in [3.8, 4) is 0 Å². The molecule has 120 valence electrons. The molecule has 0 radical (unpaired) electrons. The highest BCUT2D eigenvalue weighted by atomic mass is 16.5. The maximum absolute atomic E-state index is 12.7. The average molecular weight is 313 g/mol. The van der Waals surface area contributed by atoms with Crippen LogP contribution in [0.3, 0.4) is 0 Å². The van der Waals surface area contributed by atoms with Gasteiger partial charge in [0.25, 0.3) is 5.91 Å². The van der Waals surface area contributed by atoms with E-state index in [1.807, 2.05) is 6.20 Å². The monoisotopic (exact) mass is 313 g/mol. The summed E-state index contributed by atoms with van der Waals surface area (Å²) in [5.74, 6) is 1.01. The van der Waals surface area contributed by atoms with Gasteiger partial charge in [0.2, 0.25) is 0 Å². The zero-order valence-corrected chi connectivity index (χ0v) is 12.8. The summed E-state index contributed by atoms with van der Waals surface area (Å²) in [5, 5.41) is 7.50. The van der Waals surface area contributed by atoms with Gasteiger partial charge in [-0.3, -0.25) is 4.79 Å².